The second-order valence-electron chi connectivity index (χ2n) is 2.44. The highest BCUT2D eigenvalue weighted by Gasteiger charge is 1.96. The minimum absolute atomic E-state index is 0.194. The number of hydrogen-bond donors (Lipinski definition) is 1. The van der Waals surface area contributed by atoms with Crippen molar-refractivity contribution >= 4 is 41.2 Å². The van der Waals surface area contributed by atoms with E-state index < -0.39 is 0 Å². The first-order valence-electron chi connectivity index (χ1n) is 4.05. The molecule has 0 bridgehead atoms. The van der Waals surface area contributed by atoms with Crippen LogP contribution in [0, 0.1) is 0 Å². The number of benzene rings is 1. The third-order valence-corrected chi connectivity index (χ3v) is 1.58. The molecule has 1 N–H and O–H groups in total. The average Bonchev–Trinajstić information content (AvgIpc) is 2.43. The third kappa shape index (κ3) is 3.40. The van der Waals surface area contributed by atoms with Crippen molar-refractivity contribution in [2.75, 3.05) is 10.8 Å². The van der Waals surface area contributed by atoms with E-state index in [0.717, 1.165) is 5.69 Å². The van der Waals surface area contributed by atoms with E-state index in [0.29, 0.717) is 0 Å². The van der Waals surface area contributed by atoms with Gasteiger partial charge in [0.2, 0.25) is 0 Å². The van der Waals surface area contributed by atoms with Crippen molar-refractivity contribution in [3.63, 3.8) is 0 Å². The molecule has 0 aromatic heterocycles. The molecule has 0 unspecified atom stereocenters. The molecule has 1 aromatic carbocycles. The summed E-state index contributed by atoms with van der Waals surface area (Å²) < 4.78 is 0. The Balaban J connectivity index is 0.000000293. The van der Waals surface area contributed by atoms with Gasteiger partial charge in [-0.15, -0.1) is 23.2 Å². The Hall–Kier alpha value is -0.990. The largest absolute Gasteiger partial charge is 0.278 e. The molecule has 0 saturated carbocycles. The highest BCUT2D eigenvalue weighted by atomic mass is 35.5. The smallest absolute Gasteiger partial charge is 0.0967 e. The van der Waals surface area contributed by atoms with Crippen LogP contribution >= 0.6 is 23.2 Å². The summed E-state index contributed by atoms with van der Waals surface area (Å²) in [5.41, 5.74) is 5.16. The van der Waals surface area contributed by atoms with Gasteiger partial charge >= 0.3 is 0 Å². The van der Waals surface area contributed by atoms with Gasteiger partial charge in [0.05, 0.1) is 11.0 Å². The lowest BCUT2D eigenvalue weighted by molar-refractivity contribution is 1.36. The van der Waals surface area contributed by atoms with Crippen LogP contribution < -0.4 is 5.43 Å². The van der Waals surface area contributed by atoms with E-state index in [-0.39, 0.29) is 5.34 Å². The molecule has 2 nitrogen and oxygen atoms in total. The molecule has 14 heavy (non-hydrogen) atoms. The maximum absolute atomic E-state index is 4.76. The van der Waals surface area contributed by atoms with Gasteiger partial charge in [-0.1, -0.05) is 24.3 Å². The number of alkyl halides is 2. The number of allylic oxidation sites excluding steroid dienone is 1. The zero-order chi connectivity index (χ0) is 10.2. The molecular formula is C10H10Cl2N2. The van der Waals surface area contributed by atoms with Gasteiger partial charge in [-0.25, -0.2) is 0 Å². The fraction of sp³-hybridized carbons (Fsp3) is 0.100. The monoisotopic (exact) mass is 228 g/mol. The summed E-state index contributed by atoms with van der Waals surface area (Å²) >= 11 is 9.53. The molecule has 0 amide bonds. The van der Waals surface area contributed by atoms with Gasteiger partial charge < -0.3 is 0 Å². The molecule has 1 aliphatic rings. The fourth-order valence-corrected chi connectivity index (χ4v) is 1.04. The maximum Gasteiger partial charge on any atom is 0.0967 e. The molecule has 0 saturated heterocycles. The van der Waals surface area contributed by atoms with Crippen molar-refractivity contribution in [2.45, 2.75) is 0 Å². The summed E-state index contributed by atoms with van der Waals surface area (Å²) in [6, 6.07) is 8.05. The molecule has 2 rings (SSSR count). The van der Waals surface area contributed by atoms with Gasteiger partial charge in [0.15, 0.2) is 0 Å². The fourth-order valence-electron chi connectivity index (χ4n) is 1.04. The number of fused-ring (bicyclic) bond motifs is 1. The number of rotatable bonds is 0. The summed E-state index contributed by atoms with van der Waals surface area (Å²) in [5.74, 6) is 0. The van der Waals surface area contributed by atoms with Gasteiger partial charge in [0.25, 0.3) is 0 Å². The van der Waals surface area contributed by atoms with Crippen LogP contribution in [0.1, 0.15) is 5.56 Å². The van der Waals surface area contributed by atoms with E-state index in [9.17, 15) is 0 Å². The summed E-state index contributed by atoms with van der Waals surface area (Å²) in [5, 5.41) is 4.14. The Kier molecular flexibility index (Phi) is 5.12. The maximum atomic E-state index is 4.76. The molecule has 4 heteroatoms. The Morgan fingerprint density at radius 3 is 2.71 bits per heavy atom. The highest BCUT2D eigenvalue weighted by molar-refractivity contribution is 6.40. The molecule has 1 aliphatic heterocycles. The third-order valence-electron chi connectivity index (χ3n) is 1.58. The van der Waals surface area contributed by atoms with Crippen molar-refractivity contribution in [1.29, 1.82) is 0 Å². The normalized spacial score (nSPS) is 11.9. The lowest BCUT2D eigenvalue weighted by atomic mass is 10.2. The number of hydrazone groups is 1. The topological polar surface area (TPSA) is 24.4 Å². The Bertz CT molecular complexity index is 335. The van der Waals surface area contributed by atoms with Crippen LogP contribution in [0.4, 0.5) is 5.69 Å². The van der Waals surface area contributed by atoms with Crippen LogP contribution in [0.5, 0.6) is 0 Å². The minimum Gasteiger partial charge on any atom is -0.278 e. The Morgan fingerprint density at radius 1 is 1.21 bits per heavy atom. The van der Waals surface area contributed by atoms with Crippen LogP contribution in [-0.2, 0) is 0 Å². The number of nitrogens with one attached hydrogen (secondary N) is 1. The Labute approximate surface area is 93.2 Å². The number of anilines is 1. The molecule has 0 aliphatic carbocycles. The van der Waals surface area contributed by atoms with E-state index in [4.69, 9.17) is 23.2 Å². The summed E-state index contributed by atoms with van der Waals surface area (Å²) in [6.45, 7) is 0. The average molecular weight is 229 g/mol. The summed E-state index contributed by atoms with van der Waals surface area (Å²) in [4.78, 5) is 0. The van der Waals surface area contributed by atoms with Crippen molar-refractivity contribution < 1.29 is 0 Å². The van der Waals surface area contributed by atoms with Crippen molar-refractivity contribution in [3.05, 3.63) is 35.9 Å². The van der Waals surface area contributed by atoms with Crippen LogP contribution in [0.2, 0.25) is 0 Å². The summed E-state index contributed by atoms with van der Waals surface area (Å²) in [7, 11) is 0. The molecule has 1 aromatic rings. The Morgan fingerprint density at radius 2 is 1.93 bits per heavy atom. The molecule has 0 spiro atoms. The van der Waals surface area contributed by atoms with Crippen LogP contribution in [0.25, 0.3) is 6.08 Å². The van der Waals surface area contributed by atoms with Crippen LogP contribution in [-0.4, -0.2) is 11.6 Å². The van der Waals surface area contributed by atoms with Gasteiger partial charge in [0.1, 0.15) is 0 Å². The zero-order valence-electron chi connectivity index (χ0n) is 7.45. The number of hydrogen-bond acceptors (Lipinski definition) is 2. The first-order valence-corrected chi connectivity index (χ1v) is 5.12. The SMILES string of the molecule is C1=Cc2ccccc2NN=C1.ClCCl. The van der Waals surface area contributed by atoms with Gasteiger partial charge in [-0.05, 0) is 17.7 Å². The van der Waals surface area contributed by atoms with E-state index in [1.165, 1.54) is 5.56 Å². The minimum atomic E-state index is 0.194. The summed E-state index contributed by atoms with van der Waals surface area (Å²) in [6.07, 6.45) is 5.68. The van der Waals surface area contributed by atoms with Crippen LogP contribution in [0.3, 0.4) is 0 Å². The number of para-hydroxylation sites is 1. The van der Waals surface area contributed by atoms with Gasteiger partial charge in [-0.2, -0.15) is 5.10 Å². The second kappa shape index (κ2) is 6.46. The zero-order valence-corrected chi connectivity index (χ0v) is 8.96. The molecule has 0 radical (unpaired) electrons. The second-order valence-corrected chi connectivity index (χ2v) is 3.25. The first kappa shape index (κ1) is 11.1. The van der Waals surface area contributed by atoms with E-state index in [1.54, 1.807) is 6.21 Å². The number of halogens is 2. The predicted molar refractivity (Wildman–Crippen MR) is 64.2 cm³/mol. The van der Waals surface area contributed by atoms with Crippen LogP contribution in [0.15, 0.2) is 35.4 Å². The van der Waals surface area contributed by atoms with Crippen molar-refractivity contribution in [3.8, 4) is 0 Å². The molecule has 0 fully saturated rings. The standard InChI is InChI=1S/C9H8N2.CH2Cl2/c1-2-6-9-8(4-1)5-3-7-10-11-9;2-1-3/h1-7,11H;1H2. The highest BCUT2D eigenvalue weighted by Crippen LogP contribution is 2.17. The molecule has 74 valence electrons. The lowest BCUT2D eigenvalue weighted by Gasteiger charge is -2.00. The van der Waals surface area contributed by atoms with Gasteiger partial charge in [0, 0.05) is 6.21 Å². The molecular weight excluding hydrogens is 219 g/mol. The number of nitrogens with zero attached hydrogens (tertiary/aromatic N) is 1. The quantitative estimate of drug-likeness (QED) is 0.676. The molecule has 0 atom stereocenters. The lowest BCUT2D eigenvalue weighted by Crippen LogP contribution is -1.87. The molecule has 1 heterocycles. The van der Waals surface area contributed by atoms with E-state index in [1.807, 2.05) is 36.4 Å². The first-order chi connectivity index (χ1) is 6.88. The predicted octanol–water partition coefficient (Wildman–Crippen LogP) is 3.53. The van der Waals surface area contributed by atoms with Gasteiger partial charge in [-0.3, -0.25) is 5.43 Å². The van der Waals surface area contributed by atoms with Crippen molar-refractivity contribution in [1.82, 2.24) is 0 Å². The van der Waals surface area contributed by atoms with E-state index in [2.05, 4.69) is 10.5 Å². The van der Waals surface area contributed by atoms with E-state index >= 15 is 0 Å². The van der Waals surface area contributed by atoms with Crippen molar-refractivity contribution in [2.24, 2.45) is 5.10 Å².